The summed E-state index contributed by atoms with van der Waals surface area (Å²) < 4.78 is 26.1. The van der Waals surface area contributed by atoms with Gasteiger partial charge in [-0.05, 0) is 43.6 Å². The van der Waals surface area contributed by atoms with Crippen molar-refractivity contribution in [1.82, 2.24) is 14.9 Å². The fourth-order valence-corrected chi connectivity index (χ4v) is 5.22. The maximum atomic E-state index is 12.2. The summed E-state index contributed by atoms with van der Waals surface area (Å²) in [7, 11) is -3.10. The Morgan fingerprint density at radius 3 is 2.41 bits per heavy atom. The van der Waals surface area contributed by atoms with Crippen molar-refractivity contribution in [2.45, 2.75) is 59.4 Å². The number of nitrogens with one attached hydrogen (secondary N) is 2. The third kappa shape index (κ3) is 7.97. The number of guanidine groups is 1. The number of sulfonamides is 1. The highest BCUT2D eigenvalue weighted by molar-refractivity contribution is 7.89. The molecule has 0 unspecified atom stereocenters. The van der Waals surface area contributed by atoms with Crippen LogP contribution in [0.3, 0.4) is 0 Å². The van der Waals surface area contributed by atoms with Gasteiger partial charge in [-0.2, -0.15) is 0 Å². The number of rotatable bonds is 9. The van der Waals surface area contributed by atoms with Crippen LogP contribution in [-0.4, -0.2) is 56.7 Å². The molecule has 1 saturated heterocycles. The molecule has 7 heteroatoms. The maximum Gasteiger partial charge on any atom is 0.214 e. The van der Waals surface area contributed by atoms with E-state index in [2.05, 4.69) is 55.7 Å². The van der Waals surface area contributed by atoms with Gasteiger partial charge in [-0.1, -0.05) is 51.1 Å². The predicted octanol–water partition coefficient (Wildman–Crippen LogP) is 3.01. The average molecular weight is 423 g/mol. The molecule has 2 rings (SSSR count). The number of hydrogen-bond acceptors (Lipinski definition) is 3. The van der Waals surface area contributed by atoms with E-state index in [1.54, 1.807) is 4.31 Å². The summed E-state index contributed by atoms with van der Waals surface area (Å²) in [6.45, 7) is 11.1. The third-order valence-electron chi connectivity index (χ3n) is 5.19. The molecule has 1 aliphatic heterocycles. The Bertz CT molecular complexity index is 739. The molecule has 0 atom stereocenters. The summed E-state index contributed by atoms with van der Waals surface area (Å²) in [6, 6.07) is 10.8. The first-order valence-electron chi connectivity index (χ1n) is 10.8. The minimum atomic E-state index is -3.10. The zero-order valence-corrected chi connectivity index (χ0v) is 19.3. The van der Waals surface area contributed by atoms with Crippen molar-refractivity contribution in [2.24, 2.45) is 10.4 Å². The molecule has 1 heterocycles. The van der Waals surface area contributed by atoms with Gasteiger partial charge in [0.1, 0.15) is 0 Å². The lowest BCUT2D eigenvalue weighted by Crippen LogP contribution is -2.50. The van der Waals surface area contributed by atoms with Crippen molar-refractivity contribution in [2.75, 3.05) is 31.9 Å². The third-order valence-corrected chi connectivity index (χ3v) is 7.26. The fourth-order valence-electron chi connectivity index (χ4n) is 3.68. The van der Waals surface area contributed by atoms with Crippen molar-refractivity contribution >= 4 is 16.0 Å². The first-order valence-corrected chi connectivity index (χ1v) is 12.4. The van der Waals surface area contributed by atoms with E-state index in [0.29, 0.717) is 19.5 Å². The second-order valence-electron chi connectivity index (χ2n) is 8.66. The van der Waals surface area contributed by atoms with Crippen molar-refractivity contribution in [3.8, 4) is 0 Å². The first kappa shape index (κ1) is 23.7. The molecule has 2 N–H and O–H groups in total. The monoisotopic (exact) mass is 422 g/mol. The first-order chi connectivity index (χ1) is 13.8. The van der Waals surface area contributed by atoms with E-state index in [0.717, 1.165) is 38.3 Å². The Hall–Kier alpha value is -1.60. The molecule has 0 spiro atoms. The standard InChI is InChI=1S/C22H38N4O2S/c1-5-16-29(27,28)26-14-12-20(13-15-26)25-21(23-6-2)24-18-22(3,4)17-19-10-8-7-9-11-19/h7-11,20H,5-6,12-18H2,1-4H3,(H2,23,24,25). The highest BCUT2D eigenvalue weighted by Gasteiger charge is 2.27. The van der Waals surface area contributed by atoms with Gasteiger partial charge in [0.15, 0.2) is 5.96 Å². The van der Waals surface area contributed by atoms with Crippen molar-refractivity contribution in [3.05, 3.63) is 35.9 Å². The lowest BCUT2D eigenvalue weighted by atomic mass is 9.86. The Labute approximate surface area is 177 Å². The van der Waals surface area contributed by atoms with Gasteiger partial charge < -0.3 is 10.6 Å². The van der Waals surface area contributed by atoms with Crippen molar-refractivity contribution in [3.63, 3.8) is 0 Å². The topological polar surface area (TPSA) is 73.8 Å². The van der Waals surface area contributed by atoms with Crippen molar-refractivity contribution in [1.29, 1.82) is 0 Å². The smallest absolute Gasteiger partial charge is 0.214 e. The summed E-state index contributed by atoms with van der Waals surface area (Å²) in [5, 5.41) is 6.85. The van der Waals surface area contributed by atoms with E-state index in [1.165, 1.54) is 5.56 Å². The van der Waals surface area contributed by atoms with E-state index in [-0.39, 0.29) is 17.2 Å². The van der Waals surface area contributed by atoms with Crippen LogP contribution in [0.25, 0.3) is 0 Å². The molecule has 29 heavy (non-hydrogen) atoms. The summed E-state index contributed by atoms with van der Waals surface area (Å²) in [4.78, 5) is 4.84. The maximum absolute atomic E-state index is 12.2. The van der Waals surface area contributed by atoms with Gasteiger partial charge in [0, 0.05) is 32.2 Å². The molecular weight excluding hydrogens is 384 g/mol. The quantitative estimate of drug-likeness (QED) is 0.474. The average Bonchev–Trinajstić information content (AvgIpc) is 2.67. The van der Waals surface area contributed by atoms with Crippen LogP contribution >= 0.6 is 0 Å². The molecule has 1 aliphatic rings. The number of nitrogens with zero attached hydrogens (tertiary/aromatic N) is 2. The Balaban J connectivity index is 1.91. The number of piperidine rings is 1. The van der Waals surface area contributed by atoms with Crippen LogP contribution in [0.15, 0.2) is 35.3 Å². The molecule has 1 fully saturated rings. The summed E-state index contributed by atoms with van der Waals surface area (Å²) >= 11 is 0. The molecule has 1 aromatic rings. The van der Waals surface area contributed by atoms with E-state index in [4.69, 9.17) is 4.99 Å². The number of benzene rings is 1. The van der Waals surface area contributed by atoms with Crippen LogP contribution in [-0.2, 0) is 16.4 Å². The molecule has 1 aromatic carbocycles. The molecule has 0 amide bonds. The van der Waals surface area contributed by atoms with Gasteiger partial charge in [-0.25, -0.2) is 12.7 Å². The normalized spacial score (nSPS) is 17.3. The van der Waals surface area contributed by atoms with Crippen LogP contribution in [0.2, 0.25) is 0 Å². The zero-order valence-electron chi connectivity index (χ0n) is 18.4. The minimum Gasteiger partial charge on any atom is -0.357 e. The molecule has 0 aliphatic carbocycles. The van der Waals surface area contributed by atoms with Gasteiger partial charge in [-0.3, -0.25) is 4.99 Å². The predicted molar refractivity (Wildman–Crippen MR) is 122 cm³/mol. The molecule has 164 valence electrons. The molecule has 0 saturated carbocycles. The zero-order chi connectivity index (χ0) is 21.3. The van der Waals surface area contributed by atoms with Crippen molar-refractivity contribution < 1.29 is 8.42 Å². The van der Waals surface area contributed by atoms with Gasteiger partial charge in [0.25, 0.3) is 0 Å². The number of hydrogen-bond donors (Lipinski definition) is 2. The minimum absolute atomic E-state index is 0.0568. The van der Waals surface area contributed by atoms with E-state index in [1.807, 2.05) is 13.0 Å². The van der Waals surface area contributed by atoms with Crippen LogP contribution in [0, 0.1) is 5.41 Å². The van der Waals surface area contributed by atoms with Gasteiger partial charge in [0.05, 0.1) is 5.75 Å². The Morgan fingerprint density at radius 1 is 1.17 bits per heavy atom. The Morgan fingerprint density at radius 2 is 1.83 bits per heavy atom. The molecule has 6 nitrogen and oxygen atoms in total. The largest absolute Gasteiger partial charge is 0.357 e. The van der Waals surface area contributed by atoms with Gasteiger partial charge in [0.2, 0.25) is 10.0 Å². The summed E-state index contributed by atoms with van der Waals surface area (Å²) in [6.07, 6.45) is 3.25. The molecule has 0 aromatic heterocycles. The SMILES string of the molecule is CCCS(=O)(=O)N1CCC(NC(=NCC(C)(C)Cc2ccccc2)NCC)CC1. The van der Waals surface area contributed by atoms with Gasteiger partial charge in [-0.15, -0.1) is 0 Å². The summed E-state index contributed by atoms with van der Waals surface area (Å²) in [5.41, 5.74) is 1.38. The van der Waals surface area contributed by atoms with Crippen LogP contribution in [0.4, 0.5) is 0 Å². The Kier molecular flexibility index (Phi) is 8.96. The highest BCUT2D eigenvalue weighted by Crippen LogP contribution is 2.22. The molecular formula is C22H38N4O2S. The lowest BCUT2D eigenvalue weighted by molar-refractivity contribution is 0.305. The fraction of sp³-hybridized carbons (Fsp3) is 0.682. The molecule has 0 bridgehead atoms. The van der Waals surface area contributed by atoms with E-state index < -0.39 is 10.0 Å². The van der Waals surface area contributed by atoms with Gasteiger partial charge >= 0.3 is 0 Å². The van der Waals surface area contributed by atoms with Crippen LogP contribution in [0.1, 0.15) is 52.5 Å². The van der Waals surface area contributed by atoms with Crippen LogP contribution in [0.5, 0.6) is 0 Å². The van der Waals surface area contributed by atoms with E-state index in [9.17, 15) is 8.42 Å². The van der Waals surface area contributed by atoms with E-state index >= 15 is 0 Å². The second-order valence-corrected chi connectivity index (χ2v) is 10.7. The summed E-state index contributed by atoms with van der Waals surface area (Å²) in [5.74, 6) is 1.06. The molecule has 0 radical (unpaired) electrons. The second kappa shape index (κ2) is 11.0. The lowest BCUT2D eigenvalue weighted by Gasteiger charge is -2.32. The highest BCUT2D eigenvalue weighted by atomic mass is 32.2. The number of aliphatic imine (C=N–C) groups is 1. The van der Waals surface area contributed by atoms with Crippen LogP contribution < -0.4 is 10.6 Å².